The molecule has 0 aliphatic carbocycles. The molecule has 6 nitrogen and oxygen atoms in total. The fourth-order valence-electron chi connectivity index (χ4n) is 2.09. The van der Waals surface area contributed by atoms with E-state index in [1.165, 1.54) is 12.1 Å². The van der Waals surface area contributed by atoms with Crippen LogP contribution in [0.25, 0.3) is 0 Å². The number of fused-ring (bicyclic) bond motifs is 1. The third kappa shape index (κ3) is 3.63. The lowest BCUT2D eigenvalue weighted by molar-refractivity contribution is 0.0846. The van der Waals surface area contributed by atoms with E-state index in [4.69, 9.17) is 21.1 Å². The van der Waals surface area contributed by atoms with Crippen LogP contribution < -0.4 is 20.3 Å². The predicted octanol–water partition coefficient (Wildman–Crippen LogP) is 2.95. The van der Waals surface area contributed by atoms with Crippen molar-refractivity contribution in [1.82, 2.24) is 10.9 Å². The summed E-state index contributed by atoms with van der Waals surface area (Å²) in [5.74, 6) is -0.0660. The summed E-state index contributed by atoms with van der Waals surface area (Å²) in [6.07, 6.45) is 0. The second kappa shape index (κ2) is 7.11. The Labute approximate surface area is 151 Å². The van der Waals surface area contributed by atoms with Crippen LogP contribution in [0.3, 0.4) is 0 Å². The van der Waals surface area contributed by atoms with Crippen LogP contribution in [-0.4, -0.2) is 25.0 Å². The Hall–Kier alpha value is -2.25. The summed E-state index contributed by atoms with van der Waals surface area (Å²) in [5.41, 5.74) is 5.25. The van der Waals surface area contributed by atoms with Gasteiger partial charge in [0.25, 0.3) is 11.8 Å². The highest BCUT2D eigenvalue weighted by atomic mass is 79.9. The molecule has 2 aromatic rings. The van der Waals surface area contributed by atoms with E-state index < -0.39 is 11.8 Å². The van der Waals surface area contributed by atoms with Gasteiger partial charge in [0.2, 0.25) is 0 Å². The second-order valence-electron chi connectivity index (χ2n) is 4.89. The van der Waals surface area contributed by atoms with Gasteiger partial charge in [-0.3, -0.25) is 20.4 Å². The molecule has 2 N–H and O–H groups in total. The Morgan fingerprint density at radius 2 is 1.54 bits per heavy atom. The van der Waals surface area contributed by atoms with Crippen molar-refractivity contribution in [3.05, 3.63) is 57.0 Å². The lowest BCUT2D eigenvalue weighted by Crippen LogP contribution is -2.41. The first kappa shape index (κ1) is 16.6. The number of hydrazine groups is 1. The Bertz CT molecular complexity index is 795. The van der Waals surface area contributed by atoms with E-state index in [0.29, 0.717) is 30.3 Å². The normalized spacial score (nSPS) is 12.4. The van der Waals surface area contributed by atoms with Crippen LogP contribution in [0.5, 0.6) is 11.5 Å². The molecule has 8 heteroatoms. The summed E-state index contributed by atoms with van der Waals surface area (Å²) >= 11 is 9.38. The molecule has 0 fully saturated rings. The van der Waals surface area contributed by atoms with Gasteiger partial charge in [-0.2, -0.15) is 0 Å². The maximum absolute atomic E-state index is 12.2. The number of ether oxygens (including phenoxy) is 2. The van der Waals surface area contributed by atoms with Gasteiger partial charge in [-0.05, 0) is 30.3 Å². The Kier molecular flexibility index (Phi) is 4.92. The van der Waals surface area contributed by atoms with Gasteiger partial charge in [-0.15, -0.1) is 0 Å². The molecule has 0 aromatic heterocycles. The van der Waals surface area contributed by atoms with Crippen LogP contribution in [-0.2, 0) is 0 Å². The number of hydrogen-bond acceptors (Lipinski definition) is 4. The number of carbonyl (C=O) groups excluding carboxylic acids is 2. The molecule has 0 spiro atoms. The molecule has 0 saturated carbocycles. The molecule has 2 aromatic carbocycles. The Morgan fingerprint density at radius 1 is 0.958 bits per heavy atom. The molecule has 0 atom stereocenters. The molecule has 0 saturated heterocycles. The van der Waals surface area contributed by atoms with E-state index in [2.05, 4.69) is 26.8 Å². The minimum Gasteiger partial charge on any atom is -0.486 e. The average molecular weight is 412 g/mol. The summed E-state index contributed by atoms with van der Waals surface area (Å²) in [7, 11) is 0. The molecule has 1 heterocycles. The van der Waals surface area contributed by atoms with Crippen LogP contribution in [0, 0.1) is 0 Å². The second-order valence-corrected chi connectivity index (χ2v) is 6.21. The van der Waals surface area contributed by atoms with Crippen molar-refractivity contribution in [3.63, 3.8) is 0 Å². The molecule has 24 heavy (non-hydrogen) atoms. The largest absolute Gasteiger partial charge is 0.486 e. The van der Waals surface area contributed by atoms with Gasteiger partial charge in [-0.25, -0.2) is 0 Å². The highest BCUT2D eigenvalue weighted by Crippen LogP contribution is 2.35. The summed E-state index contributed by atoms with van der Waals surface area (Å²) in [4.78, 5) is 24.2. The van der Waals surface area contributed by atoms with Crippen molar-refractivity contribution in [2.75, 3.05) is 13.2 Å². The van der Waals surface area contributed by atoms with E-state index in [9.17, 15) is 9.59 Å². The van der Waals surface area contributed by atoms with Crippen molar-refractivity contribution >= 4 is 39.3 Å². The van der Waals surface area contributed by atoms with E-state index in [1.54, 1.807) is 24.3 Å². The van der Waals surface area contributed by atoms with Gasteiger partial charge in [0.1, 0.15) is 13.2 Å². The zero-order chi connectivity index (χ0) is 17.1. The van der Waals surface area contributed by atoms with Gasteiger partial charge >= 0.3 is 0 Å². The predicted molar refractivity (Wildman–Crippen MR) is 91.5 cm³/mol. The molecule has 0 bridgehead atoms. The number of carbonyl (C=O) groups is 2. The molecular formula is C16H12BrClN2O4. The number of hydrogen-bond donors (Lipinski definition) is 2. The molecule has 1 aliphatic heterocycles. The number of benzene rings is 2. The molecule has 3 rings (SSSR count). The van der Waals surface area contributed by atoms with Crippen molar-refractivity contribution in [2.45, 2.75) is 0 Å². The first-order valence-corrected chi connectivity index (χ1v) is 8.17. The fraction of sp³-hybridized carbons (Fsp3) is 0.125. The van der Waals surface area contributed by atoms with E-state index in [1.807, 2.05) is 0 Å². The Morgan fingerprint density at radius 3 is 2.21 bits per heavy atom. The van der Waals surface area contributed by atoms with Crippen molar-refractivity contribution in [3.8, 4) is 11.5 Å². The standard InChI is InChI=1S/C16H12BrClN2O4/c17-10-3-1-9(2-4-10)15(21)19-20-16(22)11-7-13-14(8-12(11)18)24-6-5-23-13/h1-4,7-8H,5-6H2,(H,19,21)(H,20,22). The van der Waals surface area contributed by atoms with Crippen LogP contribution in [0.4, 0.5) is 0 Å². The van der Waals surface area contributed by atoms with Crippen molar-refractivity contribution in [1.29, 1.82) is 0 Å². The SMILES string of the molecule is O=C(NNC(=O)c1cc2c(cc1Cl)OCCO2)c1ccc(Br)cc1. The zero-order valence-corrected chi connectivity index (χ0v) is 14.6. The Balaban J connectivity index is 1.69. The minimum absolute atomic E-state index is 0.178. The van der Waals surface area contributed by atoms with Crippen molar-refractivity contribution < 1.29 is 19.1 Å². The summed E-state index contributed by atoms with van der Waals surface area (Å²) in [6.45, 7) is 0.827. The highest BCUT2D eigenvalue weighted by molar-refractivity contribution is 9.10. The lowest BCUT2D eigenvalue weighted by Gasteiger charge is -2.19. The van der Waals surface area contributed by atoms with Gasteiger partial charge in [0.15, 0.2) is 11.5 Å². The van der Waals surface area contributed by atoms with Gasteiger partial charge < -0.3 is 9.47 Å². The summed E-state index contributed by atoms with van der Waals surface area (Å²) in [5, 5.41) is 0.203. The molecule has 2 amide bonds. The fourth-order valence-corrected chi connectivity index (χ4v) is 2.60. The third-order valence-corrected chi connectivity index (χ3v) is 4.11. The van der Waals surface area contributed by atoms with Gasteiger partial charge in [0.05, 0.1) is 10.6 Å². The number of amides is 2. The minimum atomic E-state index is -0.553. The van der Waals surface area contributed by atoms with Crippen LogP contribution >= 0.6 is 27.5 Å². The molecule has 0 radical (unpaired) electrons. The highest BCUT2D eigenvalue weighted by Gasteiger charge is 2.19. The number of nitrogens with one attached hydrogen (secondary N) is 2. The zero-order valence-electron chi connectivity index (χ0n) is 12.3. The van der Waals surface area contributed by atoms with Crippen molar-refractivity contribution in [2.24, 2.45) is 0 Å². The van der Waals surface area contributed by atoms with Crippen LogP contribution in [0.1, 0.15) is 20.7 Å². The smallest absolute Gasteiger partial charge is 0.271 e. The van der Waals surface area contributed by atoms with E-state index in [-0.39, 0.29) is 10.6 Å². The number of halogens is 2. The van der Waals surface area contributed by atoms with Crippen LogP contribution in [0.2, 0.25) is 5.02 Å². The molecule has 1 aliphatic rings. The quantitative estimate of drug-likeness (QED) is 0.745. The maximum Gasteiger partial charge on any atom is 0.271 e. The first-order valence-electron chi connectivity index (χ1n) is 7.00. The van der Waals surface area contributed by atoms with Gasteiger partial charge in [-0.1, -0.05) is 27.5 Å². The lowest BCUT2D eigenvalue weighted by atomic mass is 10.2. The monoisotopic (exact) mass is 410 g/mol. The molecular weight excluding hydrogens is 400 g/mol. The third-order valence-electron chi connectivity index (χ3n) is 3.27. The summed E-state index contributed by atoms with van der Waals surface area (Å²) in [6, 6.07) is 9.72. The van der Waals surface area contributed by atoms with E-state index >= 15 is 0 Å². The number of rotatable bonds is 2. The van der Waals surface area contributed by atoms with Gasteiger partial charge in [0, 0.05) is 16.1 Å². The van der Waals surface area contributed by atoms with Crippen LogP contribution in [0.15, 0.2) is 40.9 Å². The molecule has 124 valence electrons. The average Bonchev–Trinajstić information content (AvgIpc) is 2.59. The topological polar surface area (TPSA) is 76.7 Å². The maximum atomic E-state index is 12.2. The first-order chi connectivity index (χ1) is 11.5. The molecule has 0 unspecified atom stereocenters. The summed E-state index contributed by atoms with van der Waals surface area (Å²) < 4.78 is 11.7. The van der Waals surface area contributed by atoms with E-state index in [0.717, 1.165) is 4.47 Å².